The minimum Gasteiger partial charge on any atom is -0.437 e. The van der Waals surface area contributed by atoms with Crippen molar-refractivity contribution in [2.24, 2.45) is 11.5 Å². The number of allylic oxidation sites excluding steroid dienone is 4. The van der Waals surface area contributed by atoms with Crippen molar-refractivity contribution in [2.45, 2.75) is 17.9 Å². The highest BCUT2D eigenvalue weighted by molar-refractivity contribution is 7.83. The lowest BCUT2D eigenvalue weighted by Gasteiger charge is -2.43. The summed E-state index contributed by atoms with van der Waals surface area (Å²) in [6, 6.07) is 21.5. The van der Waals surface area contributed by atoms with Crippen molar-refractivity contribution in [3.63, 3.8) is 0 Å². The summed E-state index contributed by atoms with van der Waals surface area (Å²) in [5.41, 5.74) is 12.5. The second kappa shape index (κ2) is 8.05. The van der Waals surface area contributed by atoms with Crippen LogP contribution in [0.4, 0.5) is 0 Å². The van der Waals surface area contributed by atoms with Gasteiger partial charge in [-0.3, -0.25) is 26.0 Å². The van der Waals surface area contributed by atoms with Gasteiger partial charge in [0.05, 0.1) is 5.30 Å². The molecule has 3 atom stereocenters. The number of nitrogens with one attached hydrogen (secondary N) is 2. The molecule has 3 aromatic rings. The van der Waals surface area contributed by atoms with E-state index in [1.807, 2.05) is 42.5 Å². The van der Waals surface area contributed by atoms with Gasteiger partial charge in [-0.05, 0) is 30.2 Å². The second-order valence-electron chi connectivity index (χ2n) is 8.94. The minimum atomic E-state index is -4.03. The molecule has 6 N–H and O–H groups in total. The second-order valence-corrected chi connectivity index (χ2v) is 13.7. The number of amidine groups is 1. The molecule has 182 valence electrons. The fourth-order valence-electron chi connectivity index (χ4n) is 4.96. The number of benzene rings is 3. The summed E-state index contributed by atoms with van der Waals surface area (Å²) in [4.78, 5) is 0. The van der Waals surface area contributed by atoms with Gasteiger partial charge in [0.25, 0.3) is 0 Å². The maximum atomic E-state index is 14.5. The molecule has 0 amide bonds. The maximum absolute atomic E-state index is 14.5. The maximum Gasteiger partial charge on any atom is 0.341 e. The number of rotatable bonds is 3. The van der Waals surface area contributed by atoms with Gasteiger partial charge < -0.3 is 14.4 Å². The highest BCUT2D eigenvalue weighted by Gasteiger charge is 2.55. The third-order valence-corrected chi connectivity index (χ3v) is 11.6. The quantitative estimate of drug-likeness (QED) is 0.166. The van der Waals surface area contributed by atoms with Gasteiger partial charge in [0.15, 0.2) is 0 Å². The Morgan fingerprint density at radius 3 is 2.39 bits per heavy atom. The summed E-state index contributed by atoms with van der Waals surface area (Å²) in [6.07, 6.45) is 6.08. The standard InChI is InChI=1S/C26H24N4O4P2/c27-25(35(31)23-15-7-3-11-19(23)17-9-1-5-13-21(17)33-35)30-26(28,29)36(32)24-16-8-4-12-20(24)18-10-2-6-14-22(18)34-36/h1-11,13-16,20H,12,28-29H2,(H2,27,30). The van der Waals surface area contributed by atoms with Crippen molar-refractivity contribution in [1.82, 2.24) is 5.32 Å². The molecule has 0 saturated carbocycles. The Balaban J connectivity index is 1.40. The third kappa shape index (κ3) is 3.26. The van der Waals surface area contributed by atoms with Gasteiger partial charge in [0.2, 0.25) is 11.1 Å². The zero-order valence-electron chi connectivity index (χ0n) is 19.1. The molecule has 6 rings (SSSR count). The van der Waals surface area contributed by atoms with Gasteiger partial charge in [-0.2, -0.15) is 0 Å². The van der Waals surface area contributed by atoms with Gasteiger partial charge in [-0.1, -0.05) is 72.8 Å². The Morgan fingerprint density at radius 1 is 0.917 bits per heavy atom. The van der Waals surface area contributed by atoms with Crippen molar-refractivity contribution in [2.75, 3.05) is 0 Å². The van der Waals surface area contributed by atoms with Gasteiger partial charge in [0.1, 0.15) is 11.5 Å². The van der Waals surface area contributed by atoms with Gasteiger partial charge in [-0.25, -0.2) is 0 Å². The van der Waals surface area contributed by atoms with Crippen LogP contribution in [0.5, 0.6) is 11.5 Å². The topological polar surface area (TPSA) is 141 Å². The molecule has 2 aliphatic heterocycles. The lowest BCUT2D eigenvalue weighted by atomic mass is 9.91. The van der Waals surface area contributed by atoms with E-state index in [0.29, 0.717) is 34.1 Å². The molecule has 10 heteroatoms. The van der Waals surface area contributed by atoms with E-state index >= 15 is 0 Å². The van der Waals surface area contributed by atoms with E-state index in [1.54, 1.807) is 48.6 Å². The summed E-state index contributed by atoms with van der Waals surface area (Å²) in [6.45, 7) is 0. The van der Waals surface area contributed by atoms with Crippen LogP contribution in [0.2, 0.25) is 0 Å². The predicted molar refractivity (Wildman–Crippen MR) is 141 cm³/mol. The van der Waals surface area contributed by atoms with Gasteiger partial charge >= 0.3 is 14.7 Å². The summed E-state index contributed by atoms with van der Waals surface area (Å²) in [7, 11) is -8.03. The van der Waals surface area contributed by atoms with Crippen molar-refractivity contribution in [3.8, 4) is 22.6 Å². The van der Waals surface area contributed by atoms with E-state index in [1.165, 1.54) is 0 Å². The molecule has 1 aliphatic carbocycles. The van der Waals surface area contributed by atoms with Crippen LogP contribution in [-0.2, 0) is 9.13 Å². The lowest BCUT2D eigenvalue weighted by Crippen LogP contribution is -2.64. The number of hydrogen-bond donors (Lipinski definition) is 4. The smallest absolute Gasteiger partial charge is 0.341 e. The fraction of sp³-hybridized carbons (Fsp3) is 0.115. The van der Waals surface area contributed by atoms with Gasteiger partial charge in [0, 0.05) is 22.4 Å². The van der Waals surface area contributed by atoms with Crippen molar-refractivity contribution in [1.29, 1.82) is 5.41 Å². The monoisotopic (exact) mass is 518 g/mol. The van der Waals surface area contributed by atoms with E-state index in [2.05, 4.69) is 5.32 Å². The highest BCUT2D eigenvalue weighted by atomic mass is 31.2. The molecule has 8 nitrogen and oxygen atoms in total. The van der Waals surface area contributed by atoms with Crippen LogP contribution in [0.15, 0.2) is 96.3 Å². The molecule has 0 fully saturated rings. The SMILES string of the molecule is N=C(NC(N)(N)P1(=O)Oc2ccccc2C2CC=CC=C21)P1(=O)Oc2ccccc2-c2ccccc21. The van der Waals surface area contributed by atoms with Crippen LogP contribution in [0.25, 0.3) is 11.1 Å². The van der Waals surface area contributed by atoms with Crippen molar-refractivity contribution >= 4 is 25.6 Å². The Hall–Kier alpha value is -3.41. The molecule has 3 aromatic carbocycles. The first-order valence-electron chi connectivity index (χ1n) is 11.4. The van der Waals surface area contributed by atoms with Crippen molar-refractivity contribution in [3.05, 3.63) is 102 Å². The molecule has 0 bridgehead atoms. The Morgan fingerprint density at radius 2 is 1.58 bits per heavy atom. The number of hydrogen-bond acceptors (Lipinski definition) is 7. The molecule has 36 heavy (non-hydrogen) atoms. The van der Waals surface area contributed by atoms with Crippen molar-refractivity contribution < 1.29 is 18.2 Å². The Labute approximate surface area is 208 Å². The average Bonchev–Trinajstić information content (AvgIpc) is 2.89. The van der Waals surface area contributed by atoms with Crippen LogP contribution < -0.4 is 31.1 Å². The Kier molecular flexibility index (Phi) is 5.15. The molecular weight excluding hydrogens is 494 g/mol. The molecule has 0 spiro atoms. The number of nitrogens with two attached hydrogens (primary N) is 2. The molecule has 3 unspecified atom stereocenters. The van der Waals surface area contributed by atoms with E-state index in [9.17, 15) is 9.13 Å². The minimum absolute atomic E-state index is 0.234. The molecule has 0 radical (unpaired) electrons. The van der Waals surface area contributed by atoms with Crippen LogP contribution in [0.3, 0.4) is 0 Å². The molecule has 3 aliphatic rings. The van der Waals surface area contributed by atoms with Gasteiger partial charge in [-0.15, -0.1) is 0 Å². The summed E-state index contributed by atoms with van der Waals surface area (Å²) < 4.78 is 40.7. The van der Waals surface area contributed by atoms with E-state index in [-0.39, 0.29) is 5.92 Å². The van der Waals surface area contributed by atoms with E-state index < -0.39 is 25.8 Å². The third-order valence-electron chi connectivity index (χ3n) is 6.72. The van der Waals surface area contributed by atoms with Crippen LogP contribution in [0.1, 0.15) is 17.9 Å². The van der Waals surface area contributed by atoms with Crippen LogP contribution in [0, 0.1) is 5.41 Å². The highest BCUT2D eigenvalue weighted by Crippen LogP contribution is 2.69. The summed E-state index contributed by atoms with van der Waals surface area (Å²) in [5.74, 6) is 0.565. The number of para-hydroxylation sites is 2. The first-order chi connectivity index (χ1) is 17.2. The summed E-state index contributed by atoms with van der Waals surface area (Å²) >= 11 is 0. The van der Waals surface area contributed by atoms with E-state index in [0.717, 1.165) is 11.1 Å². The molecule has 0 aromatic heterocycles. The Bertz CT molecular complexity index is 1580. The molecule has 0 saturated heterocycles. The molecule has 2 heterocycles. The number of fused-ring (bicyclic) bond motifs is 6. The van der Waals surface area contributed by atoms with E-state index in [4.69, 9.17) is 25.9 Å². The fourth-order valence-corrected chi connectivity index (χ4v) is 9.36. The molecular formula is C26H24N4O4P2. The van der Waals surface area contributed by atoms with Crippen LogP contribution >= 0.6 is 14.7 Å². The first-order valence-corrected chi connectivity index (χ1v) is 14.7. The largest absolute Gasteiger partial charge is 0.437 e. The van der Waals surface area contributed by atoms with Crippen LogP contribution in [-0.4, -0.2) is 11.1 Å². The summed E-state index contributed by atoms with van der Waals surface area (Å²) in [5, 5.41) is 12.2. The predicted octanol–water partition coefficient (Wildman–Crippen LogP) is 5.00. The normalized spacial score (nSPS) is 25.6. The first kappa shape index (κ1) is 23.0. The lowest BCUT2D eigenvalue weighted by molar-refractivity contribution is 0.408. The zero-order valence-corrected chi connectivity index (χ0v) is 20.9. The average molecular weight is 518 g/mol. The zero-order chi connectivity index (χ0) is 25.1.